The monoisotopic (exact) mass is 656 g/mol. The molecule has 0 spiro atoms. The lowest BCUT2D eigenvalue weighted by Gasteiger charge is -2.36. The maximum atomic E-state index is 12.3. The Morgan fingerprint density at radius 2 is 1.45 bits per heavy atom. The van der Waals surface area contributed by atoms with Gasteiger partial charge in [-0.2, -0.15) is 0 Å². The summed E-state index contributed by atoms with van der Waals surface area (Å²) in [7, 11) is -24.1. The minimum Gasteiger partial charge on any atom is -0.756 e. The molecule has 2 saturated heterocycles. The third kappa shape index (κ3) is 9.31. The quantitative estimate of drug-likeness (QED) is 0.215. The third-order valence-electron chi connectivity index (χ3n) is 5.11. The van der Waals surface area contributed by atoms with Crippen LogP contribution in [0.1, 0.15) is 39.3 Å². The highest BCUT2D eigenvalue weighted by Crippen LogP contribution is 2.66. The van der Waals surface area contributed by atoms with Gasteiger partial charge < -0.3 is 42.8 Å². The fraction of sp³-hybridized carbons (Fsp3) is 0.750. The summed E-state index contributed by atoms with van der Waals surface area (Å²) in [4.78, 5) is 72.6. The maximum Gasteiger partial charge on any atom is 0.330 e. The summed E-state index contributed by atoms with van der Waals surface area (Å²) in [6, 6.07) is 1.03. The van der Waals surface area contributed by atoms with Crippen molar-refractivity contribution in [3.05, 3.63) is 33.1 Å². The number of phosphoric ester groups is 2. The summed E-state index contributed by atoms with van der Waals surface area (Å²) in [6.07, 6.45) is -2.32. The van der Waals surface area contributed by atoms with Crippen molar-refractivity contribution in [1.29, 1.82) is 0 Å². The van der Waals surface area contributed by atoms with Crippen LogP contribution in [0.4, 0.5) is 0 Å². The van der Waals surface area contributed by atoms with Gasteiger partial charge in [0.2, 0.25) is 0 Å². The first-order chi connectivity index (χ1) is 18.5. The Kier molecular flexibility index (Phi) is 11.1. The molecule has 9 atom stereocenters. The summed E-state index contributed by atoms with van der Waals surface area (Å²) >= 11 is 0. The summed E-state index contributed by atoms with van der Waals surface area (Å²) in [5.41, 5.74) is -1.57. The molecule has 2 fully saturated rings. The Balaban J connectivity index is 1.70. The SMILES string of the molecule is CCCCC1OC2[C@@H](COP(=O)([O-])OP(=O)([O-])OP(=O)([O-])OP(=O)([O-])OCC)O[C@@H](n3ccc(=O)[nH]c3=O)[C@H]2O1. The number of phosphoric acid groups is 4. The molecular formula is C16H24N2O18P4-4. The van der Waals surface area contributed by atoms with E-state index in [2.05, 4.69) is 22.0 Å². The average Bonchev–Trinajstić information content (AvgIpc) is 3.33. The topological polar surface area (TPSA) is 289 Å². The molecule has 2 aliphatic rings. The molecule has 0 aliphatic carbocycles. The summed E-state index contributed by atoms with van der Waals surface area (Å²) < 4.78 is 84.1. The van der Waals surface area contributed by atoms with Gasteiger partial charge in [-0.15, -0.1) is 0 Å². The first-order valence-corrected chi connectivity index (χ1v) is 17.3. The van der Waals surface area contributed by atoms with Gasteiger partial charge in [0.25, 0.3) is 36.9 Å². The zero-order chi connectivity index (χ0) is 29.9. The van der Waals surface area contributed by atoms with E-state index in [0.29, 0.717) is 12.8 Å². The predicted molar refractivity (Wildman–Crippen MR) is 120 cm³/mol. The van der Waals surface area contributed by atoms with Crippen LogP contribution in [-0.2, 0) is 54.5 Å². The highest BCUT2D eigenvalue weighted by molar-refractivity contribution is 7.68. The Bertz CT molecular complexity index is 1350. The lowest BCUT2D eigenvalue weighted by molar-refractivity contribution is -0.254. The van der Waals surface area contributed by atoms with Gasteiger partial charge in [-0.25, -0.2) is 17.7 Å². The van der Waals surface area contributed by atoms with Gasteiger partial charge in [0.15, 0.2) is 12.5 Å². The number of aromatic nitrogens is 2. The van der Waals surface area contributed by atoms with E-state index in [1.807, 2.05) is 11.9 Å². The zero-order valence-electron chi connectivity index (χ0n) is 20.7. The number of rotatable bonds is 15. The van der Waals surface area contributed by atoms with Crippen LogP contribution in [0.2, 0.25) is 0 Å². The summed E-state index contributed by atoms with van der Waals surface area (Å²) in [5, 5.41) is 0. The normalized spacial score (nSPS) is 30.6. The molecule has 0 aromatic carbocycles. The molecule has 3 rings (SSSR count). The van der Waals surface area contributed by atoms with Gasteiger partial charge in [-0.05, 0) is 19.8 Å². The number of ether oxygens (including phenoxy) is 3. The number of aromatic amines is 1. The van der Waals surface area contributed by atoms with Crippen molar-refractivity contribution in [2.24, 2.45) is 0 Å². The van der Waals surface area contributed by atoms with Crippen molar-refractivity contribution >= 4 is 31.3 Å². The maximum absolute atomic E-state index is 12.3. The van der Waals surface area contributed by atoms with Gasteiger partial charge in [0, 0.05) is 12.3 Å². The Hall–Kier alpha value is -0.880. The number of nitrogens with one attached hydrogen (secondary N) is 1. The van der Waals surface area contributed by atoms with Crippen LogP contribution in [0.3, 0.4) is 0 Å². The standard InChI is InChI=1S/C16H28N2O18P4/c1-3-5-6-12-32-13-10(31-15(14(13)33-12)18-8-7-11(19)17-16(18)20)9-30-38(23,24)35-40(27,28)36-39(25,26)34-37(21,22)29-4-2/h7-8,10,12-15H,3-6,9H2,1-2H3,(H,21,22)(H,23,24)(H,25,26)(H,27,28)(H,17,19,20)/p-4/t10-,12?,13?,14+,15-/m1/s1. The van der Waals surface area contributed by atoms with E-state index in [0.717, 1.165) is 30.2 Å². The van der Waals surface area contributed by atoms with Crippen LogP contribution < -0.4 is 30.8 Å². The van der Waals surface area contributed by atoms with Gasteiger partial charge in [-0.3, -0.25) is 32.6 Å². The average molecular weight is 656 g/mol. The molecule has 1 aromatic heterocycles. The van der Waals surface area contributed by atoms with Crippen molar-refractivity contribution in [2.45, 2.75) is 63.9 Å². The van der Waals surface area contributed by atoms with Gasteiger partial charge >= 0.3 is 5.69 Å². The van der Waals surface area contributed by atoms with Crippen molar-refractivity contribution in [3.63, 3.8) is 0 Å². The van der Waals surface area contributed by atoms with E-state index in [9.17, 15) is 47.4 Å². The second-order valence-electron chi connectivity index (χ2n) is 8.10. The van der Waals surface area contributed by atoms with Crippen LogP contribution >= 0.6 is 31.3 Å². The fourth-order valence-corrected chi connectivity index (χ4v) is 8.40. The number of hydrogen-bond acceptors (Lipinski definition) is 18. The van der Waals surface area contributed by atoms with Crippen LogP contribution in [0.5, 0.6) is 0 Å². The van der Waals surface area contributed by atoms with Gasteiger partial charge in [0.1, 0.15) is 18.3 Å². The molecule has 1 N–H and O–H groups in total. The first kappa shape index (κ1) is 33.6. The highest BCUT2D eigenvalue weighted by Gasteiger charge is 2.53. The molecule has 230 valence electrons. The van der Waals surface area contributed by atoms with E-state index in [-0.39, 0.29) is 0 Å². The highest BCUT2D eigenvalue weighted by atomic mass is 31.3. The zero-order valence-corrected chi connectivity index (χ0v) is 24.2. The van der Waals surface area contributed by atoms with E-state index < -0.39 is 86.6 Å². The lowest BCUT2D eigenvalue weighted by atomic mass is 10.1. The molecule has 6 unspecified atom stereocenters. The molecule has 2 aliphatic heterocycles. The number of unbranched alkanes of at least 4 members (excludes halogenated alkanes) is 1. The summed E-state index contributed by atoms with van der Waals surface area (Å²) in [6.45, 7) is 1.50. The molecule has 1 aromatic rings. The van der Waals surface area contributed by atoms with E-state index in [1.54, 1.807) is 0 Å². The predicted octanol–water partition coefficient (Wildman–Crippen LogP) is -1.29. The van der Waals surface area contributed by atoms with Crippen LogP contribution in [0.25, 0.3) is 0 Å². The van der Waals surface area contributed by atoms with Crippen molar-refractivity contribution in [1.82, 2.24) is 9.55 Å². The number of H-pyrrole nitrogens is 1. The lowest BCUT2D eigenvalue weighted by Crippen LogP contribution is -2.36. The molecule has 3 heterocycles. The van der Waals surface area contributed by atoms with Gasteiger partial charge in [-0.1, -0.05) is 13.3 Å². The fourth-order valence-electron chi connectivity index (χ4n) is 3.66. The second kappa shape index (κ2) is 13.2. The molecule has 20 nitrogen and oxygen atoms in total. The Labute approximate surface area is 225 Å². The van der Waals surface area contributed by atoms with Gasteiger partial charge in [0.05, 0.1) is 13.2 Å². The molecule has 0 amide bonds. The van der Waals surface area contributed by atoms with E-state index >= 15 is 0 Å². The number of nitrogens with zero attached hydrogens (tertiary/aromatic N) is 1. The summed E-state index contributed by atoms with van der Waals surface area (Å²) in [5.74, 6) is 0. The van der Waals surface area contributed by atoms with E-state index in [4.69, 9.17) is 14.2 Å². The third-order valence-corrected chi connectivity index (χ3v) is 10.9. The Morgan fingerprint density at radius 3 is 2.02 bits per heavy atom. The minimum atomic E-state index is -6.36. The van der Waals surface area contributed by atoms with Crippen LogP contribution in [-0.4, -0.2) is 47.4 Å². The van der Waals surface area contributed by atoms with E-state index in [1.165, 1.54) is 0 Å². The molecule has 40 heavy (non-hydrogen) atoms. The minimum absolute atomic E-state index is 0.432. The first-order valence-electron chi connectivity index (χ1n) is 11.4. The largest absolute Gasteiger partial charge is 0.756 e. The van der Waals surface area contributed by atoms with Crippen molar-refractivity contribution in [2.75, 3.05) is 13.2 Å². The van der Waals surface area contributed by atoms with Crippen LogP contribution in [0.15, 0.2) is 21.9 Å². The van der Waals surface area contributed by atoms with Crippen molar-refractivity contribution < 1.29 is 74.0 Å². The molecule has 0 bridgehead atoms. The second-order valence-corrected chi connectivity index (χ2v) is 14.2. The molecule has 0 saturated carbocycles. The number of hydrogen-bond donors (Lipinski definition) is 1. The molecule has 0 radical (unpaired) electrons. The Morgan fingerprint density at radius 1 is 0.875 bits per heavy atom. The van der Waals surface area contributed by atoms with Crippen LogP contribution in [0, 0.1) is 0 Å². The molecular weight excluding hydrogens is 632 g/mol. The molecule has 24 heteroatoms. The number of fused-ring (bicyclic) bond motifs is 1. The van der Waals surface area contributed by atoms with Crippen molar-refractivity contribution in [3.8, 4) is 0 Å². The smallest absolute Gasteiger partial charge is 0.330 e.